The highest BCUT2D eigenvalue weighted by atomic mass is 79.9. The third kappa shape index (κ3) is 4.94. The molecule has 2 aromatic carbocycles. The maximum Gasteiger partial charge on any atom is 0.247 e. The molecule has 3 rings (SSSR count). The number of pyridine rings is 1. The average molecular weight is 446 g/mol. The molecule has 0 atom stereocenters. The van der Waals surface area contributed by atoms with Gasteiger partial charge in [0, 0.05) is 23.8 Å². The van der Waals surface area contributed by atoms with Crippen LogP contribution in [0.2, 0.25) is 0 Å². The lowest BCUT2D eigenvalue weighted by Gasteiger charge is -2.23. The molecule has 140 valence electrons. The van der Waals surface area contributed by atoms with E-state index in [0.717, 1.165) is 11.1 Å². The van der Waals surface area contributed by atoms with E-state index in [1.807, 2.05) is 60.7 Å². The summed E-state index contributed by atoms with van der Waals surface area (Å²) in [4.78, 5) is 3.99. The number of hydrogen-bond acceptors (Lipinski definition) is 4. The van der Waals surface area contributed by atoms with Gasteiger partial charge in [-0.2, -0.15) is 4.31 Å². The van der Waals surface area contributed by atoms with Crippen molar-refractivity contribution >= 4 is 31.8 Å². The van der Waals surface area contributed by atoms with Crippen molar-refractivity contribution in [2.75, 3.05) is 12.3 Å². The summed E-state index contributed by atoms with van der Waals surface area (Å²) in [6.45, 7) is 0.606. The van der Waals surface area contributed by atoms with Crippen molar-refractivity contribution < 1.29 is 8.42 Å². The van der Waals surface area contributed by atoms with Crippen LogP contribution in [0.4, 0.5) is 5.82 Å². The molecule has 0 aliphatic heterocycles. The Labute approximate surface area is 168 Å². The molecule has 0 saturated carbocycles. The Morgan fingerprint density at radius 2 is 1.56 bits per heavy atom. The first-order chi connectivity index (χ1) is 13.0. The highest BCUT2D eigenvalue weighted by molar-refractivity contribution is 9.10. The fourth-order valence-corrected chi connectivity index (χ4v) is 4.75. The van der Waals surface area contributed by atoms with E-state index in [2.05, 4.69) is 20.9 Å². The van der Waals surface area contributed by atoms with Gasteiger partial charge in [-0.05, 0) is 39.5 Å². The molecular formula is C20H20BrN3O2S. The third-order valence-electron chi connectivity index (χ3n) is 4.16. The molecule has 0 bridgehead atoms. The summed E-state index contributed by atoms with van der Waals surface area (Å²) >= 11 is 3.28. The van der Waals surface area contributed by atoms with E-state index in [-0.39, 0.29) is 17.3 Å². The largest absolute Gasteiger partial charge is 0.383 e. The molecule has 0 aliphatic rings. The van der Waals surface area contributed by atoms with Crippen molar-refractivity contribution in [1.29, 1.82) is 0 Å². The lowest BCUT2D eigenvalue weighted by Crippen LogP contribution is -2.33. The van der Waals surface area contributed by atoms with E-state index in [0.29, 0.717) is 17.4 Å². The molecule has 27 heavy (non-hydrogen) atoms. The number of nitrogens with two attached hydrogens (primary N) is 1. The van der Waals surface area contributed by atoms with Crippen LogP contribution in [-0.2, 0) is 23.0 Å². The highest BCUT2D eigenvalue weighted by Crippen LogP contribution is 2.25. The molecule has 0 unspecified atom stereocenters. The first-order valence-corrected chi connectivity index (χ1v) is 10.7. The van der Waals surface area contributed by atoms with E-state index in [1.165, 1.54) is 16.6 Å². The third-order valence-corrected chi connectivity index (χ3v) is 6.47. The van der Waals surface area contributed by atoms with Crippen molar-refractivity contribution in [3.63, 3.8) is 0 Å². The summed E-state index contributed by atoms with van der Waals surface area (Å²) in [6, 6.07) is 20.8. The fraction of sp³-hybridized carbons (Fsp3) is 0.150. The van der Waals surface area contributed by atoms with Crippen molar-refractivity contribution in [1.82, 2.24) is 9.29 Å². The van der Waals surface area contributed by atoms with Gasteiger partial charge >= 0.3 is 0 Å². The molecule has 0 amide bonds. The van der Waals surface area contributed by atoms with Crippen LogP contribution >= 0.6 is 15.9 Å². The predicted molar refractivity (Wildman–Crippen MR) is 111 cm³/mol. The van der Waals surface area contributed by atoms with Crippen molar-refractivity contribution in [2.24, 2.45) is 0 Å². The van der Waals surface area contributed by atoms with Crippen LogP contribution in [0, 0.1) is 0 Å². The van der Waals surface area contributed by atoms with Gasteiger partial charge in [-0.15, -0.1) is 0 Å². The zero-order valence-electron chi connectivity index (χ0n) is 14.6. The van der Waals surface area contributed by atoms with Crippen molar-refractivity contribution in [3.05, 3.63) is 88.5 Å². The summed E-state index contributed by atoms with van der Waals surface area (Å²) < 4.78 is 28.7. The minimum absolute atomic E-state index is 0.00373. The second-order valence-electron chi connectivity index (χ2n) is 6.10. The van der Waals surface area contributed by atoms with Crippen LogP contribution < -0.4 is 5.73 Å². The van der Waals surface area contributed by atoms with Crippen LogP contribution in [0.5, 0.6) is 0 Å². The van der Waals surface area contributed by atoms with Gasteiger partial charge in [0.15, 0.2) is 0 Å². The Bertz CT molecular complexity index is 996. The fourth-order valence-electron chi connectivity index (χ4n) is 2.75. The zero-order valence-corrected chi connectivity index (χ0v) is 17.0. The van der Waals surface area contributed by atoms with E-state index < -0.39 is 10.0 Å². The smallest absolute Gasteiger partial charge is 0.247 e. The van der Waals surface area contributed by atoms with Gasteiger partial charge in [-0.1, -0.05) is 60.7 Å². The Kier molecular flexibility index (Phi) is 6.26. The second kappa shape index (κ2) is 8.65. The number of nitrogen functional groups attached to an aromatic ring is 1. The second-order valence-corrected chi connectivity index (χ2v) is 8.92. The van der Waals surface area contributed by atoms with Crippen LogP contribution in [0.1, 0.15) is 11.1 Å². The lowest BCUT2D eigenvalue weighted by molar-refractivity contribution is 0.409. The highest BCUT2D eigenvalue weighted by Gasteiger charge is 2.27. The Morgan fingerprint density at radius 3 is 2.19 bits per heavy atom. The van der Waals surface area contributed by atoms with Gasteiger partial charge in [0.25, 0.3) is 0 Å². The maximum atomic E-state index is 13.3. The van der Waals surface area contributed by atoms with Gasteiger partial charge in [0.1, 0.15) is 10.7 Å². The Hall–Kier alpha value is -2.22. The number of nitrogens with zero attached hydrogens (tertiary/aromatic N) is 2. The molecule has 0 aliphatic carbocycles. The number of anilines is 1. The van der Waals surface area contributed by atoms with E-state index >= 15 is 0 Å². The lowest BCUT2D eigenvalue weighted by atomic mass is 10.1. The van der Waals surface area contributed by atoms with Crippen molar-refractivity contribution in [2.45, 2.75) is 17.9 Å². The van der Waals surface area contributed by atoms with Gasteiger partial charge in [0.2, 0.25) is 10.0 Å². The molecule has 0 saturated heterocycles. The summed E-state index contributed by atoms with van der Waals surface area (Å²) in [5.41, 5.74) is 7.86. The number of hydrogen-bond donors (Lipinski definition) is 1. The Balaban J connectivity index is 1.93. The average Bonchev–Trinajstić information content (AvgIpc) is 2.68. The predicted octanol–water partition coefficient (Wildman–Crippen LogP) is 3.86. The number of benzene rings is 2. The summed E-state index contributed by atoms with van der Waals surface area (Å²) in [6.07, 6.45) is 2.09. The topological polar surface area (TPSA) is 76.3 Å². The molecular weight excluding hydrogens is 426 g/mol. The van der Waals surface area contributed by atoms with E-state index in [1.54, 1.807) is 0 Å². The first-order valence-electron chi connectivity index (χ1n) is 8.46. The Morgan fingerprint density at radius 1 is 0.963 bits per heavy atom. The molecule has 0 spiro atoms. The molecule has 7 heteroatoms. The summed E-state index contributed by atoms with van der Waals surface area (Å²) in [5, 5.41) is 0. The number of sulfonamides is 1. The molecule has 0 fully saturated rings. The van der Waals surface area contributed by atoms with Crippen LogP contribution in [-0.4, -0.2) is 24.3 Å². The van der Waals surface area contributed by atoms with Gasteiger partial charge in [-0.25, -0.2) is 13.4 Å². The van der Waals surface area contributed by atoms with E-state index in [9.17, 15) is 8.42 Å². The minimum Gasteiger partial charge on any atom is -0.383 e. The number of halogens is 1. The number of rotatable bonds is 7. The zero-order chi connectivity index (χ0) is 19.3. The molecule has 1 aromatic heterocycles. The summed E-state index contributed by atoms with van der Waals surface area (Å²) in [5.74, 6) is -0.00373. The summed E-state index contributed by atoms with van der Waals surface area (Å²) in [7, 11) is -3.81. The molecule has 1 heterocycles. The standard InChI is InChI=1S/C20H20BrN3O2S/c21-18-13-19(20(22)23-14-18)27(25,26)24(15-17-9-5-2-6-10-17)12-11-16-7-3-1-4-8-16/h1-10,13-14H,11-12,15H2,(H2,22,23). The van der Waals surface area contributed by atoms with Crippen LogP contribution in [0.25, 0.3) is 0 Å². The molecule has 5 nitrogen and oxygen atoms in total. The SMILES string of the molecule is Nc1ncc(Br)cc1S(=O)(=O)N(CCc1ccccc1)Cc1ccccc1. The quantitative estimate of drug-likeness (QED) is 0.598. The maximum absolute atomic E-state index is 13.3. The van der Waals surface area contributed by atoms with Crippen molar-refractivity contribution in [3.8, 4) is 0 Å². The number of aromatic nitrogens is 1. The normalized spacial score (nSPS) is 11.6. The van der Waals surface area contributed by atoms with Crippen LogP contribution in [0.3, 0.4) is 0 Å². The van der Waals surface area contributed by atoms with Gasteiger partial charge in [0.05, 0.1) is 0 Å². The van der Waals surface area contributed by atoms with Crippen LogP contribution in [0.15, 0.2) is 82.3 Å². The molecule has 2 N–H and O–H groups in total. The molecule has 3 aromatic rings. The minimum atomic E-state index is -3.81. The van der Waals surface area contributed by atoms with Gasteiger partial charge in [-0.3, -0.25) is 0 Å². The first kappa shape index (κ1) is 19.5. The van der Waals surface area contributed by atoms with E-state index in [4.69, 9.17) is 5.73 Å². The van der Waals surface area contributed by atoms with Gasteiger partial charge < -0.3 is 5.73 Å². The molecule has 0 radical (unpaired) electrons. The monoisotopic (exact) mass is 445 g/mol.